The summed E-state index contributed by atoms with van der Waals surface area (Å²) in [6.45, 7) is 0. The highest BCUT2D eigenvalue weighted by Crippen LogP contribution is 2.30. The first-order valence-electron chi connectivity index (χ1n) is 5.02. The maximum atomic E-state index is 13.7. The molecule has 2 rings (SSSR count). The van der Waals surface area contributed by atoms with E-state index >= 15 is 0 Å². The van der Waals surface area contributed by atoms with Crippen molar-refractivity contribution in [2.24, 2.45) is 0 Å². The number of benzene rings is 2. The summed E-state index contributed by atoms with van der Waals surface area (Å²) in [5.41, 5.74) is 1.37. The number of hydrogen-bond acceptors (Lipinski definition) is 2. The van der Waals surface area contributed by atoms with Gasteiger partial charge in [0.1, 0.15) is 5.82 Å². The second kappa shape index (κ2) is 5.51. The predicted molar refractivity (Wildman–Crippen MR) is 76.2 cm³/mol. The highest BCUT2D eigenvalue weighted by Gasteiger charge is 2.06. The van der Waals surface area contributed by atoms with Crippen molar-refractivity contribution < 1.29 is 4.39 Å². The normalized spacial score (nSPS) is 9.89. The van der Waals surface area contributed by atoms with E-state index in [1.165, 1.54) is 6.07 Å². The third kappa shape index (κ3) is 2.89. The predicted octanol–water partition coefficient (Wildman–Crippen LogP) is 4.97. The van der Waals surface area contributed by atoms with E-state index < -0.39 is 5.82 Å². The highest BCUT2D eigenvalue weighted by molar-refractivity contribution is 9.11. The zero-order valence-electron chi connectivity index (χ0n) is 9.05. The van der Waals surface area contributed by atoms with Crippen LogP contribution in [0.4, 0.5) is 15.8 Å². The van der Waals surface area contributed by atoms with E-state index in [0.717, 1.165) is 14.6 Å². The first-order chi connectivity index (χ1) is 8.60. The molecule has 2 aromatic carbocycles. The number of nitrogens with one attached hydrogen (secondary N) is 1. The van der Waals surface area contributed by atoms with Gasteiger partial charge in [0.2, 0.25) is 0 Å². The van der Waals surface area contributed by atoms with Crippen LogP contribution in [0.1, 0.15) is 5.56 Å². The smallest absolute Gasteiger partial charge is 0.147 e. The van der Waals surface area contributed by atoms with E-state index in [0.29, 0.717) is 11.3 Å². The van der Waals surface area contributed by atoms with Gasteiger partial charge in [-0.05, 0) is 52.3 Å². The van der Waals surface area contributed by atoms with Gasteiger partial charge in [-0.15, -0.1) is 0 Å². The van der Waals surface area contributed by atoms with E-state index in [-0.39, 0.29) is 0 Å². The van der Waals surface area contributed by atoms with Crippen molar-refractivity contribution in [3.05, 3.63) is 56.7 Å². The second-order valence-corrected chi connectivity index (χ2v) is 5.33. The number of rotatable bonds is 2. The number of hydrogen-bond donors (Lipinski definition) is 1. The molecule has 18 heavy (non-hydrogen) atoms. The highest BCUT2D eigenvalue weighted by atomic mass is 79.9. The van der Waals surface area contributed by atoms with Crippen molar-refractivity contribution in [3.63, 3.8) is 0 Å². The molecule has 0 radical (unpaired) electrons. The molecule has 0 amide bonds. The van der Waals surface area contributed by atoms with Crippen molar-refractivity contribution in [2.45, 2.75) is 0 Å². The number of nitriles is 1. The molecule has 0 heterocycles. The van der Waals surface area contributed by atoms with Crippen LogP contribution in [0.25, 0.3) is 0 Å². The fourth-order valence-corrected chi connectivity index (χ4v) is 2.13. The Balaban J connectivity index is 2.34. The van der Waals surface area contributed by atoms with Crippen LogP contribution in [0, 0.1) is 17.1 Å². The van der Waals surface area contributed by atoms with Crippen LogP contribution in [0.5, 0.6) is 0 Å². The summed E-state index contributed by atoms with van der Waals surface area (Å²) in [5, 5.41) is 11.6. The molecule has 0 fully saturated rings. The molecule has 0 aliphatic rings. The number of nitrogens with zero attached hydrogens (tertiary/aromatic N) is 1. The van der Waals surface area contributed by atoms with Crippen LogP contribution in [0.2, 0.25) is 0 Å². The SMILES string of the molecule is N#Cc1ccc(Nc2cc(Br)ccc2Br)c(F)c1. The van der Waals surface area contributed by atoms with Gasteiger partial charge >= 0.3 is 0 Å². The van der Waals surface area contributed by atoms with Gasteiger partial charge < -0.3 is 5.32 Å². The van der Waals surface area contributed by atoms with Crippen molar-refractivity contribution in [1.82, 2.24) is 0 Å². The first kappa shape index (κ1) is 13.1. The maximum Gasteiger partial charge on any atom is 0.147 e. The van der Waals surface area contributed by atoms with Crippen LogP contribution >= 0.6 is 31.9 Å². The van der Waals surface area contributed by atoms with E-state index in [1.807, 2.05) is 24.3 Å². The van der Waals surface area contributed by atoms with Crippen molar-refractivity contribution in [3.8, 4) is 6.07 Å². The van der Waals surface area contributed by atoms with Crippen molar-refractivity contribution in [2.75, 3.05) is 5.32 Å². The summed E-state index contributed by atoms with van der Waals surface area (Å²) in [5.74, 6) is -0.457. The summed E-state index contributed by atoms with van der Waals surface area (Å²) in [4.78, 5) is 0. The average molecular weight is 370 g/mol. The number of anilines is 2. The Morgan fingerprint density at radius 2 is 1.83 bits per heavy atom. The molecule has 1 N–H and O–H groups in total. The van der Waals surface area contributed by atoms with Gasteiger partial charge in [-0.1, -0.05) is 15.9 Å². The first-order valence-corrected chi connectivity index (χ1v) is 6.60. The Bertz CT molecular complexity index is 635. The van der Waals surface area contributed by atoms with E-state index in [2.05, 4.69) is 37.2 Å². The van der Waals surface area contributed by atoms with Crippen molar-refractivity contribution >= 4 is 43.2 Å². The fraction of sp³-hybridized carbons (Fsp3) is 0. The Hall–Kier alpha value is -1.38. The monoisotopic (exact) mass is 368 g/mol. The lowest BCUT2D eigenvalue weighted by molar-refractivity contribution is 0.631. The van der Waals surface area contributed by atoms with Crippen LogP contribution < -0.4 is 5.32 Å². The maximum absolute atomic E-state index is 13.7. The van der Waals surface area contributed by atoms with Crippen LogP contribution in [-0.2, 0) is 0 Å². The lowest BCUT2D eigenvalue weighted by Crippen LogP contribution is -1.95. The molecule has 0 aromatic heterocycles. The zero-order chi connectivity index (χ0) is 13.1. The number of halogens is 3. The van der Waals surface area contributed by atoms with E-state index in [1.54, 1.807) is 12.1 Å². The Labute approximate surface area is 121 Å². The lowest BCUT2D eigenvalue weighted by atomic mass is 10.2. The molecule has 2 nitrogen and oxygen atoms in total. The molecular formula is C13H7Br2FN2. The standard InChI is InChI=1S/C13H7Br2FN2/c14-9-2-3-10(15)13(6-9)18-12-4-1-8(7-17)5-11(12)16/h1-6,18H. The molecule has 0 atom stereocenters. The molecule has 2 aromatic rings. The van der Waals surface area contributed by atoms with Gasteiger partial charge in [0.25, 0.3) is 0 Å². The average Bonchev–Trinajstić information content (AvgIpc) is 2.36. The second-order valence-electron chi connectivity index (χ2n) is 3.56. The lowest BCUT2D eigenvalue weighted by Gasteiger charge is -2.10. The molecule has 0 saturated carbocycles. The van der Waals surface area contributed by atoms with Gasteiger partial charge in [0.15, 0.2) is 0 Å². The fourth-order valence-electron chi connectivity index (χ4n) is 1.42. The Morgan fingerprint density at radius 3 is 2.50 bits per heavy atom. The third-order valence-electron chi connectivity index (χ3n) is 2.30. The topological polar surface area (TPSA) is 35.8 Å². The van der Waals surface area contributed by atoms with Gasteiger partial charge in [-0.2, -0.15) is 5.26 Å². The molecule has 0 bridgehead atoms. The quantitative estimate of drug-likeness (QED) is 0.811. The minimum atomic E-state index is -0.457. The van der Waals surface area contributed by atoms with Gasteiger partial charge in [-0.25, -0.2) is 4.39 Å². The van der Waals surface area contributed by atoms with Crippen LogP contribution in [-0.4, -0.2) is 0 Å². The van der Waals surface area contributed by atoms with Gasteiger partial charge in [0.05, 0.1) is 23.0 Å². The van der Waals surface area contributed by atoms with E-state index in [9.17, 15) is 4.39 Å². The minimum Gasteiger partial charge on any atom is -0.352 e. The summed E-state index contributed by atoms with van der Waals surface area (Å²) in [7, 11) is 0. The molecule has 5 heteroatoms. The largest absolute Gasteiger partial charge is 0.352 e. The minimum absolute atomic E-state index is 0.298. The van der Waals surface area contributed by atoms with Crippen LogP contribution in [0.3, 0.4) is 0 Å². The molecule has 0 unspecified atom stereocenters. The van der Waals surface area contributed by atoms with E-state index in [4.69, 9.17) is 5.26 Å². The Morgan fingerprint density at radius 1 is 1.06 bits per heavy atom. The molecule has 0 spiro atoms. The molecule has 0 aliphatic carbocycles. The van der Waals surface area contributed by atoms with Gasteiger partial charge in [0, 0.05) is 8.95 Å². The summed E-state index contributed by atoms with van der Waals surface area (Å²) in [6.07, 6.45) is 0. The van der Waals surface area contributed by atoms with Gasteiger partial charge in [-0.3, -0.25) is 0 Å². The zero-order valence-corrected chi connectivity index (χ0v) is 12.2. The molecule has 90 valence electrons. The molecule has 0 aliphatic heterocycles. The third-order valence-corrected chi connectivity index (χ3v) is 3.48. The summed E-state index contributed by atoms with van der Waals surface area (Å²) >= 11 is 6.74. The summed E-state index contributed by atoms with van der Waals surface area (Å²) < 4.78 is 15.4. The van der Waals surface area contributed by atoms with Crippen molar-refractivity contribution in [1.29, 1.82) is 5.26 Å². The van der Waals surface area contributed by atoms with Crippen LogP contribution in [0.15, 0.2) is 45.3 Å². The molecule has 0 saturated heterocycles. The molecular weight excluding hydrogens is 363 g/mol. The summed E-state index contributed by atoms with van der Waals surface area (Å²) in [6, 6.07) is 11.8. The Kier molecular flexibility index (Phi) is 4.00.